The second-order valence-electron chi connectivity index (χ2n) is 8.61. The zero-order valence-electron chi connectivity index (χ0n) is 18.6. The van der Waals surface area contributed by atoms with E-state index in [0.29, 0.717) is 32.4 Å². The lowest BCUT2D eigenvalue weighted by molar-refractivity contribution is -0.140. The molecular weight excluding hydrogens is 368 g/mol. The van der Waals surface area contributed by atoms with Gasteiger partial charge in [-0.2, -0.15) is 0 Å². The maximum Gasteiger partial charge on any atom is 0.303 e. The maximum absolute atomic E-state index is 12.7. The average Bonchev–Trinajstić information content (AvgIpc) is 2.98. The number of carbonyl (C=O) groups is 3. The van der Waals surface area contributed by atoms with E-state index in [1.165, 1.54) is 44.9 Å². The molecular formula is C23H42N2O4. The first-order valence-electron chi connectivity index (χ1n) is 11.7. The van der Waals surface area contributed by atoms with Crippen molar-refractivity contribution >= 4 is 17.8 Å². The van der Waals surface area contributed by atoms with Crippen molar-refractivity contribution < 1.29 is 19.5 Å². The Morgan fingerprint density at radius 2 is 1.55 bits per heavy atom. The lowest BCUT2D eigenvalue weighted by Gasteiger charge is -2.34. The van der Waals surface area contributed by atoms with Crippen molar-refractivity contribution in [2.24, 2.45) is 0 Å². The number of nitrogens with one attached hydrogen (secondary N) is 1. The summed E-state index contributed by atoms with van der Waals surface area (Å²) in [5.41, 5.74) is -0.738. The summed E-state index contributed by atoms with van der Waals surface area (Å²) in [6.45, 7) is 5.31. The van der Waals surface area contributed by atoms with E-state index in [0.717, 1.165) is 25.7 Å². The number of nitrogens with zero attached hydrogens (tertiary/aromatic N) is 1. The largest absolute Gasteiger partial charge is 0.481 e. The molecule has 1 saturated heterocycles. The Hall–Kier alpha value is -1.59. The van der Waals surface area contributed by atoms with Crippen LogP contribution in [0.4, 0.5) is 0 Å². The number of carboxylic acids is 1. The van der Waals surface area contributed by atoms with E-state index in [1.54, 1.807) is 4.90 Å². The summed E-state index contributed by atoms with van der Waals surface area (Å²) in [6, 6.07) is 0. The van der Waals surface area contributed by atoms with Crippen LogP contribution in [0.2, 0.25) is 0 Å². The van der Waals surface area contributed by atoms with Crippen LogP contribution in [-0.2, 0) is 14.4 Å². The van der Waals surface area contributed by atoms with Crippen LogP contribution >= 0.6 is 0 Å². The third-order valence-electron chi connectivity index (χ3n) is 6.05. The van der Waals surface area contributed by atoms with Crippen LogP contribution in [-0.4, -0.2) is 46.4 Å². The molecule has 0 aromatic heterocycles. The monoisotopic (exact) mass is 410 g/mol. The van der Waals surface area contributed by atoms with E-state index in [4.69, 9.17) is 5.11 Å². The molecule has 0 aliphatic carbocycles. The van der Waals surface area contributed by atoms with Gasteiger partial charge in [0.2, 0.25) is 11.8 Å². The van der Waals surface area contributed by atoms with Crippen molar-refractivity contribution in [3.63, 3.8) is 0 Å². The van der Waals surface area contributed by atoms with Gasteiger partial charge in [-0.3, -0.25) is 14.4 Å². The van der Waals surface area contributed by atoms with Crippen LogP contribution in [0.25, 0.3) is 0 Å². The van der Waals surface area contributed by atoms with Gasteiger partial charge < -0.3 is 15.3 Å². The number of rotatable bonds is 17. The summed E-state index contributed by atoms with van der Waals surface area (Å²) in [5, 5.41) is 11.6. The summed E-state index contributed by atoms with van der Waals surface area (Å²) in [5.74, 6) is -0.765. The number of hydrogen-bond donors (Lipinski definition) is 2. The second kappa shape index (κ2) is 14.4. The number of unbranched alkanes of at least 4 members (excludes halogenated alkanes) is 10. The molecule has 6 nitrogen and oxygen atoms in total. The Morgan fingerprint density at radius 1 is 0.966 bits per heavy atom. The van der Waals surface area contributed by atoms with Gasteiger partial charge in [-0.15, -0.1) is 0 Å². The van der Waals surface area contributed by atoms with E-state index >= 15 is 0 Å². The van der Waals surface area contributed by atoms with E-state index in [1.807, 2.05) is 6.92 Å². The van der Waals surface area contributed by atoms with Crippen molar-refractivity contribution in [3.8, 4) is 0 Å². The number of carbonyl (C=O) groups excluding carboxylic acids is 2. The van der Waals surface area contributed by atoms with E-state index in [2.05, 4.69) is 12.2 Å². The van der Waals surface area contributed by atoms with Gasteiger partial charge in [-0.1, -0.05) is 64.7 Å². The Labute approximate surface area is 176 Å². The van der Waals surface area contributed by atoms with Gasteiger partial charge in [-0.05, 0) is 32.6 Å². The fourth-order valence-electron chi connectivity index (χ4n) is 4.05. The van der Waals surface area contributed by atoms with Gasteiger partial charge in [0.05, 0.1) is 0 Å². The zero-order valence-corrected chi connectivity index (χ0v) is 18.6. The number of aliphatic carboxylic acids is 1. The second-order valence-corrected chi connectivity index (χ2v) is 8.61. The topological polar surface area (TPSA) is 86.7 Å². The van der Waals surface area contributed by atoms with E-state index < -0.39 is 11.5 Å². The van der Waals surface area contributed by atoms with Crippen LogP contribution in [0.1, 0.15) is 110 Å². The molecule has 1 heterocycles. The Morgan fingerprint density at radius 3 is 2.17 bits per heavy atom. The number of likely N-dealkylation sites (tertiary alicyclic amines) is 1. The molecule has 1 unspecified atom stereocenters. The SMILES string of the molecule is CCCCCCCCCCCN1C(=O)CCC1(C)C(=O)NCCCCCC(=O)O. The minimum Gasteiger partial charge on any atom is -0.481 e. The summed E-state index contributed by atoms with van der Waals surface area (Å²) in [6.07, 6.45) is 14.5. The average molecular weight is 411 g/mol. The molecule has 168 valence electrons. The third kappa shape index (κ3) is 9.64. The first kappa shape index (κ1) is 25.4. The highest BCUT2D eigenvalue weighted by atomic mass is 16.4. The molecule has 0 aromatic rings. The van der Waals surface area contributed by atoms with E-state index in [-0.39, 0.29) is 18.2 Å². The van der Waals surface area contributed by atoms with Gasteiger partial charge in [0, 0.05) is 25.9 Å². The Kier molecular flexibility index (Phi) is 12.6. The lowest BCUT2D eigenvalue weighted by atomic mass is 9.97. The van der Waals surface area contributed by atoms with Crippen molar-refractivity contribution in [3.05, 3.63) is 0 Å². The van der Waals surface area contributed by atoms with Crippen LogP contribution in [0, 0.1) is 0 Å². The predicted molar refractivity (Wildman–Crippen MR) is 116 cm³/mol. The molecule has 2 N–H and O–H groups in total. The predicted octanol–water partition coefficient (Wildman–Crippen LogP) is 4.66. The van der Waals surface area contributed by atoms with Crippen molar-refractivity contribution in [2.45, 2.75) is 116 Å². The van der Waals surface area contributed by atoms with Gasteiger partial charge in [-0.25, -0.2) is 0 Å². The molecule has 1 aliphatic heterocycles. The molecule has 0 saturated carbocycles. The Bertz CT molecular complexity index is 509. The van der Waals surface area contributed by atoms with Gasteiger partial charge in [0.15, 0.2) is 0 Å². The molecule has 1 fully saturated rings. The van der Waals surface area contributed by atoms with Crippen LogP contribution in [0.3, 0.4) is 0 Å². The van der Waals surface area contributed by atoms with Gasteiger partial charge >= 0.3 is 5.97 Å². The fraction of sp³-hybridized carbons (Fsp3) is 0.870. The third-order valence-corrected chi connectivity index (χ3v) is 6.05. The number of hydrogen-bond acceptors (Lipinski definition) is 3. The molecule has 6 heteroatoms. The molecule has 0 bridgehead atoms. The standard InChI is InChI=1S/C23H42N2O4/c1-3-4-5-6-7-8-9-10-14-19-25-20(26)16-17-23(25,2)22(29)24-18-13-11-12-15-21(27)28/h3-19H2,1-2H3,(H,24,29)(H,27,28). The van der Waals surface area contributed by atoms with Crippen LogP contribution in [0.5, 0.6) is 0 Å². The van der Waals surface area contributed by atoms with Crippen LogP contribution in [0.15, 0.2) is 0 Å². The summed E-state index contributed by atoms with van der Waals surface area (Å²) < 4.78 is 0. The minimum absolute atomic E-state index is 0.0718. The molecule has 1 atom stereocenters. The molecule has 1 aliphatic rings. The van der Waals surface area contributed by atoms with Crippen LogP contribution < -0.4 is 5.32 Å². The summed E-state index contributed by atoms with van der Waals surface area (Å²) in [4.78, 5) is 37.4. The van der Waals surface area contributed by atoms with Crippen molar-refractivity contribution in [2.75, 3.05) is 13.1 Å². The zero-order chi connectivity index (χ0) is 21.5. The van der Waals surface area contributed by atoms with Crippen molar-refractivity contribution in [1.82, 2.24) is 10.2 Å². The first-order valence-corrected chi connectivity index (χ1v) is 11.7. The molecule has 29 heavy (non-hydrogen) atoms. The molecule has 0 spiro atoms. The highest BCUT2D eigenvalue weighted by Crippen LogP contribution is 2.30. The normalized spacial score (nSPS) is 19.0. The highest BCUT2D eigenvalue weighted by Gasteiger charge is 2.46. The first-order chi connectivity index (χ1) is 13.9. The molecule has 2 amide bonds. The Balaban J connectivity index is 2.25. The molecule has 0 aromatic carbocycles. The quantitative estimate of drug-likeness (QED) is 0.341. The smallest absolute Gasteiger partial charge is 0.303 e. The highest BCUT2D eigenvalue weighted by molar-refractivity contribution is 5.94. The number of carboxylic acid groups (broad SMARTS) is 1. The number of amides is 2. The van der Waals surface area contributed by atoms with Crippen molar-refractivity contribution in [1.29, 1.82) is 0 Å². The summed E-state index contributed by atoms with van der Waals surface area (Å²) in [7, 11) is 0. The summed E-state index contributed by atoms with van der Waals surface area (Å²) >= 11 is 0. The fourth-order valence-corrected chi connectivity index (χ4v) is 4.05. The maximum atomic E-state index is 12.7. The molecule has 0 radical (unpaired) electrons. The molecule has 1 rings (SSSR count). The lowest BCUT2D eigenvalue weighted by Crippen LogP contribution is -2.54. The minimum atomic E-state index is -0.779. The van der Waals surface area contributed by atoms with Gasteiger partial charge in [0.25, 0.3) is 0 Å². The van der Waals surface area contributed by atoms with E-state index in [9.17, 15) is 14.4 Å². The van der Waals surface area contributed by atoms with Gasteiger partial charge in [0.1, 0.15) is 5.54 Å².